The maximum atomic E-state index is 11.7. The topological polar surface area (TPSA) is 93.5 Å². The number of nitro groups is 1. The summed E-state index contributed by atoms with van der Waals surface area (Å²) in [5, 5.41) is 17.0. The molecule has 0 spiro atoms. The van der Waals surface area contributed by atoms with Crippen molar-refractivity contribution in [1.82, 2.24) is 5.32 Å². The predicted octanol–water partition coefficient (Wildman–Crippen LogP) is 3.37. The summed E-state index contributed by atoms with van der Waals surface area (Å²) in [7, 11) is 0. The largest absolute Gasteiger partial charge is 0.444 e. The molecule has 0 radical (unpaired) electrons. The van der Waals surface area contributed by atoms with Crippen LogP contribution in [0.2, 0.25) is 0 Å². The number of ether oxygens (including phenoxy) is 1. The summed E-state index contributed by atoms with van der Waals surface area (Å²) in [6.45, 7) is 7.37. The molecule has 1 amide bonds. The molecule has 1 fully saturated rings. The summed E-state index contributed by atoms with van der Waals surface area (Å²) < 4.78 is 5.21. The van der Waals surface area contributed by atoms with E-state index in [2.05, 4.69) is 10.6 Å². The second-order valence-electron chi connectivity index (χ2n) is 6.91. The van der Waals surface area contributed by atoms with Crippen molar-refractivity contribution in [3.05, 3.63) is 33.9 Å². The maximum absolute atomic E-state index is 11.7. The minimum Gasteiger partial charge on any atom is -0.444 e. The van der Waals surface area contributed by atoms with E-state index in [1.54, 1.807) is 12.1 Å². The Labute approximate surface area is 135 Å². The van der Waals surface area contributed by atoms with Gasteiger partial charge in [0.2, 0.25) is 0 Å². The van der Waals surface area contributed by atoms with Gasteiger partial charge in [0.15, 0.2) is 0 Å². The molecule has 0 heterocycles. The van der Waals surface area contributed by atoms with Crippen molar-refractivity contribution in [1.29, 1.82) is 0 Å². The number of nitro benzene ring substituents is 1. The normalized spacial score (nSPS) is 20.3. The SMILES string of the molecule is Cc1ccc([N+](=O)[O-])cc1NC1CC(NC(=O)OC(C)(C)C)C1. The van der Waals surface area contributed by atoms with Crippen LogP contribution in [0.15, 0.2) is 18.2 Å². The molecule has 1 aliphatic rings. The van der Waals surface area contributed by atoms with Crippen LogP contribution in [0.4, 0.5) is 16.2 Å². The zero-order chi connectivity index (χ0) is 17.2. The number of nitrogens with one attached hydrogen (secondary N) is 2. The summed E-state index contributed by atoms with van der Waals surface area (Å²) in [6.07, 6.45) is 1.12. The summed E-state index contributed by atoms with van der Waals surface area (Å²) in [4.78, 5) is 22.1. The fourth-order valence-electron chi connectivity index (χ4n) is 2.43. The number of hydrogen-bond acceptors (Lipinski definition) is 5. The molecule has 0 saturated heterocycles. The van der Waals surface area contributed by atoms with Crippen molar-refractivity contribution in [2.75, 3.05) is 5.32 Å². The lowest BCUT2D eigenvalue weighted by molar-refractivity contribution is -0.384. The second-order valence-corrected chi connectivity index (χ2v) is 6.91. The molecular weight excluding hydrogens is 298 g/mol. The third-order valence-corrected chi connectivity index (χ3v) is 3.65. The van der Waals surface area contributed by atoms with Crippen LogP contribution in [0.3, 0.4) is 0 Å². The smallest absolute Gasteiger partial charge is 0.407 e. The molecule has 7 heteroatoms. The zero-order valence-corrected chi connectivity index (χ0v) is 13.9. The molecule has 0 aromatic heterocycles. The second kappa shape index (κ2) is 6.44. The van der Waals surface area contributed by atoms with Crippen LogP contribution >= 0.6 is 0 Å². The summed E-state index contributed by atoms with van der Waals surface area (Å²) in [6, 6.07) is 5.03. The van der Waals surface area contributed by atoms with Gasteiger partial charge >= 0.3 is 6.09 Å². The van der Waals surface area contributed by atoms with Gasteiger partial charge < -0.3 is 15.4 Å². The van der Waals surface area contributed by atoms with Gasteiger partial charge in [-0.15, -0.1) is 0 Å². The van der Waals surface area contributed by atoms with Gasteiger partial charge in [-0.05, 0) is 46.1 Å². The van der Waals surface area contributed by atoms with Crippen LogP contribution in [0.25, 0.3) is 0 Å². The fraction of sp³-hybridized carbons (Fsp3) is 0.562. The molecule has 7 nitrogen and oxygen atoms in total. The molecule has 0 bridgehead atoms. The molecule has 0 atom stereocenters. The van der Waals surface area contributed by atoms with Gasteiger partial charge in [0.1, 0.15) is 5.60 Å². The Morgan fingerprint density at radius 3 is 2.52 bits per heavy atom. The van der Waals surface area contributed by atoms with Crippen molar-refractivity contribution < 1.29 is 14.5 Å². The highest BCUT2D eigenvalue weighted by molar-refractivity contribution is 5.68. The van der Waals surface area contributed by atoms with Crippen LogP contribution < -0.4 is 10.6 Å². The molecule has 0 unspecified atom stereocenters. The molecular formula is C16H23N3O4. The molecule has 0 aliphatic heterocycles. The van der Waals surface area contributed by atoms with E-state index in [9.17, 15) is 14.9 Å². The third-order valence-electron chi connectivity index (χ3n) is 3.65. The van der Waals surface area contributed by atoms with Gasteiger partial charge in [0.05, 0.1) is 4.92 Å². The number of carbonyl (C=O) groups is 1. The van der Waals surface area contributed by atoms with Crippen LogP contribution in [0.5, 0.6) is 0 Å². The van der Waals surface area contributed by atoms with Crippen molar-refractivity contribution in [3.63, 3.8) is 0 Å². The standard InChI is InChI=1S/C16H23N3O4/c1-10-5-6-13(19(21)22)9-14(10)17-11-7-12(8-11)18-15(20)23-16(2,3)4/h5-6,9,11-12,17H,7-8H2,1-4H3,(H,18,20). The van der Waals surface area contributed by atoms with E-state index >= 15 is 0 Å². The number of nitrogens with zero attached hydrogens (tertiary/aromatic N) is 1. The van der Waals surface area contributed by atoms with Gasteiger partial charge in [0.25, 0.3) is 5.69 Å². The van der Waals surface area contributed by atoms with Crippen LogP contribution in [-0.2, 0) is 4.74 Å². The first kappa shape index (κ1) is 17.1. The van der Waals surface area contributed by atoms with Gasteiger partial charge in [-0.25, -0.2) is 4.79 Å². The molecule has 1 aliphatic carbocycles. The molecule has 2 N–H and O–H groups in total. The number of benzene rings is 1. The van der Waals surface area contributed by atoms with E-state index in [1.807, 2.05) is 27.7 Å². The van der Waals surface area contributed by atoms with E-state index in [4.69, 9.17) is 4.74 Å². The quantitative estimate of drug-likeness (QED) is 0.655. The number of non-ortho nitro benzene ring substituents is 1. The minimum absolute atomic E-state index is 0.0702. The summed E-state index contributed by atoms with van der Waals surface area (Å²) in [5.74, 6) is 0. The Morgan fingerprint density at radius 1 is 1.30 bits per heavy atom. The van der Waals surface area contributed by atoms with Crippen LogP contribution in [0.1, 0.15) is 39.2 Å². The number of anilines is 1. The first-order chi connectivity index (χ1) is 10.6. The Hall–Kier alpha value is -2.31. The molecule has 1 aromatic carbocycles. The van der Waals surface area contributed by atoms with E-state index in [-0.39, 0.29) is 17.8 Å². The number of amides is 1. The van der Waals surface area contributed by atoms with Gasteiger partial charge in [-0.2, -0.15) is 0 Å². The lowest BCUT2D eigenvalue weighted by atomic mass is 9.86. The predicted molar refractivity (Wildman–Crippen MR) is 87.6 cm³/mol. The average Bonchev–Trinajstić information content (AvgIpc) is 2.35. The van der Waals surface area contributed by atoms with E-state index < -0.39 is 16.6 Å². The molecule has 1 aromatic rings. The Kier molecular flexibility index (Phi) is 4.77. The molecule has 2 rings (SSSR count). The number of alkyl carbamates (subject to hydrolysis) is 1. The van der Waals surface area contributed by atoms with Crippen molar-refractivity contribution in [2.45, 2.75) is 58.2 Å². The first-order valence-corrected chi connectivity index (χ1v) is 7.65. The van der Waals surface area contributed by atoms with E-state index in [1.165, 1.54) is 6.07 Å². The Morgan fingerprint density at radius 2 is 1.96 bits per heavy atom. The Balaban J connectivity index is 1.83. The highest BCUT2D eigenvalue weighted by Gasteiger charge is 2.32. The van der Waals surface area contributed by atoms with Crippen molar-refractivity contribution in [2.24, 2.45) is 0 Å². The van der Waals surface area contributed by atoms with E-state index in [0.717, 1.165) is 24.1 Å². The molecule has 23 heavy (non-hydrogen) atoms. The highest BCUT2D eigenvalue weighted by Crippen LogP contribution is 2.28. The highest BCUT2D eigenvalue weighted by atomic mass is 16.6. The first-order valence-electron chi connectivity index (χ1n) is 7.65. The van der Waals surface area contributed by atoms with Crippen molar-refractivity contribution in [3.8, 4) is 0 Å². The van der Waals surface area contributed by atoms with Crippen molar-refractivity contribution >= 4 is 17.5 Å². The molecule has 1 saturated carbocycles. The van der Waals surface area contributed by atoms with E-state index in [0.29, 0.717) is 0 Å². The monoisotopic (exact) mass is 321 g/mol. The Bertz CT molecular complexity index is 604. The third kappa shape index (κ3) is 4.84. The number of hydrogen-bond donors (Lipinski definition) is 2. The lowest BCUT2D eigenvalue weighted by Gasteiger charge is -2.37. The number of carbonyl (C=O) groups excluding carboxylic acids is 1. The number of aryl methyl sites for hydroxylation is 1. The summed E-state index contributed by atoms with van der Waals surface area (Å²) >= 11 is 0. The van der Waals surface area contributed by atoms with Crippen LogP contribution in [-0.4, -0.2) is 28.7 Å². The van der Waals surface area contributed by atoms with Gasteiger partial charge in [-0.3, -0.25) is 10.1 Å². The fourth-order valence-corrected chi connectivity index (χ4v) is 2.43. The lowest BCUT2D eigenvalue weighted by Crippen LogP contribution is -2.50. The average molecular weight is 321 g/mol. The maximum Gasteiger partial charge on any atom is 0.407 e. The van der Waals surface area contributed by atoms with Gasteiger partial charge in [0, 0.05) is 29.9 Å². The minimum atomic E-state index is -0.508. The van der Waals surface area contributed by atoms with Crippen LogP contribution in [0, 0.1) is 17.0 Å². The van der Waals surface area contributed by atoms with Gasteiger partial charge in [-0.1, -0.05) is 6.07 Å². The summed E-state index contributed by atoms with van der Waals surface area (Å²) in [5.41, 5.74) is 1.28. The number of rotatable bonds is 4. The molecule has 126 valence electrons. The zero-order valence-electron chi connectivity index (χ0n) is 13.9.